The van der Waals surface area contributed by atoms with Crippen LogP contribution in [-0.4, -0.2) is 41.4 Å². The summed E-state index contributed by atoms with van der Waals surface area (Å²) in [5.41, 5.74) is 3.33. The standard InChI is InChI=1S/C18H20N4OS/c1-22-6-4-12(5-7-22)17-14-8-13(21-11-23)2-3-16(14)24-18(17)15-9-19-10-20-15/h2-3,8-12H,4-7H2,1H3,(H,19,20)(H,21,23). The molecule has 1 fully saturated rings. The number of thiophene rings is 1. The zero-order valence-corrected chi connectivity index (χ0v) is 14.4. The third-order valence-electron chi connectivity index (χ3n) is 4.82. The van der Waals surface area contributed by atoms with Crippen LogP contribution in [0, 0.1) is 0 Å². The molecular weight excluding hydrogens is 320 g/mol. The molecule has 6 heteroatoms. The van der Waals surface area contributed by atoms with Crippen molar-refractivity contribution in [3.63, 3.8) is 0 Å². The van der Waals surface area contributed by atoms with Gasteiger partial charge in [0.15, 0.2) is 0 Å². The SMILES string of the molecule is CN1CCC(c2c(-c3cnc[nH]3)sc3ccc(NC=O)cc23)CC1. The summed E-state index contributed by atoms with van der Waals surface area (Å²) in [5.74, 6) is 0.541. The van der Waals surface area contributed by atoms with Crippen molar-refractivity contribution in [2.45, 2.75) is 18.8 Å². The van der Waals surface area contributed by atoms with Crippen LogP contribution in [0.2, 0.25) is 0 Å². The van der Waals surface area contributed by atoms with Gasteiger partial charge < -0.3 is 15.2 Å². The van der Waals surface area contributed by atoms with Gasteiger partial charge in [0.2, 0.25) is 6.41 Å². The molecule has 3 heterocycles. The number of piperidine rings is 1. The molecule has 3 aromatic rings. The van der Waals surface area contributed by atoms with Gasteiger partial charge in [0.25, 0.3) is 0 Å². The molecule has 0 aliphatic carbocycles. The van der Waals surface area contributed by atoms with Gasteiger partial charge in [-0.05, 0) is 68.0 Å². The number of benzene rings is 1. The van der Waals surface area contributed by atoms with E-state index in [0.717, 1.165) is 43.7 Å². The maximum Gasteiger partial charge on any atom is 0.211 e. The summed E-state index contributed by atoms with van der Waals surface area (Å²) < 4.78 is 1.25. The molecule has 2 aromatic heterocycles. The summed E-state index contributed by atoms with van der Waals surface area (Å²) in [5, 5.41) is 4.03. The molecule has 0 unspecified atom stereocenters. The summed E-state index contributed by atoms with van der Waals surface area (Å²) in [7, 11) is 2.18. The Hall–Kier alpha value is -2.18. The Morgan fingerprint density at radius 2 is 2.21 bits per heavy atom. The van der Waals surface area contributed by atoms with Gasteiger partial charge in [0, 0.05) is 10.4 Å². The van der Waals surface area contributed by atoms with Crippen molar-refractivity contribution in [3.05, 3.63) is 36.3 Å². The van der Waals surface area contributed by atoms with Crippen LogP contribution in [0.15, 0.2) is 30.7 Å². The number of likely N-dealkylation sites (tertiary alicyclic amines) is 1. The number of nitrogens with zero attached hydrogens (tertiary/aromatic N) is 2. The minimum absolute atomic E-state index is 0.541. The molecule has 0 bridgehead atoms. The van der Waals surface area contributed by atoms with Crippen LogP contribution >= 0.6 is 11.3 Å². The van der Waals surface area contributed by atoms with Crippen molar-refractivity contribution in [1.29, 1.82) is 0 Å². The molecule has 1 amide bonds. The molecule has 1 aliphatic rings. The molecule has 2 N–H and O–H groups in total. The fourth-order valence-corrected chi connectivity index (χ4v) is 4.80. The van der Waals surface area contributed by atoms with Crippen LogP contribution in [0.3, 0.4) is 0 Å². The second-order valence-electron chi connectivity index (χ2n) is 6.36. The molecule has 0 atom stereocenters. The highest BCUT2D eigenvalue weighted by Crippen LogP contribution is 2.45. The van der Waals surface area contributed by atoms with E-state index in [9.17, 15) is 4.79 Å². The number of H-pyrrole nitrogens is 1. The molecule has 1 aliphatic heterocycles. The van der Waals surface area contributed by atoms with Crippen molar-refractivity contribution in [2.75, 3.05) is 25.5 Å². The van der Waals surface area contributed by atoms with E-state index in [2.05, 4.69) is 39.4 Å². The van der Waals surface area contributed by atoms with E-state index in [1.807, 2.05) is 12.3 Å². The molecule has 24 heavy (non-hydrogen) atoms. The Balaban J connectivity index is 1.87. The van der Waals surface area contributed by atoms with Crippen molar-refractivity contribution in [1.82, 2.24) is 14.9 Å². The van der Waals surface area contributed by atoms with Crippen LogP contribution in [0.4, 0.5) is 5.69 Å². The van der Waals surface area contributed by atoms with Gasteiger partial charge in [0.1, 0.15) is 0 Å². The molecule has 0 radical (unpaired) electrons. The first-order valence-electron chi connectivity index (χ1n) is 8.20. The predicted octanol–water partition coefficient (Wildman–Crippen LogP) is 3.67. The first-order valence-corrected chi connectivity index (χ1v) is 9.02. The van der Waals surface area contributed by atoms with E-state index in [1.54, 1.807) is 17.7 Å². The van der Waals surface area contributed by atoms with Crippen LogP contribution < -0.4 is 5.32 Å². The fraction of sp³-hybridized carbons (Fsp3) is 0.333. The number of carbonyl (C=O) groups is 1. The van der Waals surface area contributed by atoms with E-state index >= 15 is 0 Å². The summed E-state index contributed by atoms with van der Waals surface area (Å²) in [6.07, 6.45) is 6.69. The Morgan fingerprint density at radius 1 is 1.38 bits per heavy atom. The number of hydrogen-bond donors (Lipinski definition) is 2. The second kappa shape index (κ2) is 6.37. The van der Waals surface area contributed by atoms with Crippen LogP contribution in [0.25, 0.3) is 20.7 Å². The number of nitrogens with one attached hydrogen (secondary N) is 2. The minimum atomic E-state index is 0.541. The molecule has 1 saturated heterocycles. The second-order valence-corrected chi connectivity index (χ2v) is 7.41. The average Bonchev–Trinajstić information content (AvgIpc) is 3.23. The van der Waals surface area contributed by atoms with Gasteiger partial charge in [-0.15, -0.1) is 11.3 Å². The predicted molar refractivity (Wildman–Crippen MR) is 98.6 cm³/mol. The van der Waals surface area contributed by atoms with E-state index in [4.69, 9.17) is 0 Å². The van der Waals surface area contributed by atoms with E-state index in [1.165, 1.54) is 20.5 Å². The van der Waals surface area contributed by atoms with Crippen LogP contribution in [-0.2, 0) is 4.79 Å². The summed E-state index contributed by atoms with van der Waals surface area (Å²) in [6.45, 7) is 2.24. The normalized spacial score (nSPS) is 16.5. The number of anilines is 1. The minimum Gasteiger partial charge on any atom is -0.344 e. The van der Waals surface area contributed by atoms with E-state index in [0.29, 0.717) is 5.92 Å². The Morgan fingerprint density at radius 3 is 2.92 bits per heavy atom. The number of fused-ring (bicyclic) bond motifs is 1. The number of hydrogen-bond acceptors (Lipinski definition) is 4. The number of aromatic amines is 1. The van der Waals surface area contributed by atoms with Crippen molar-refractivity contribution in [3.8, 4) is 10.6 Å². The van der Waals surface area contributed by atoms with Gasteiger partial charge in [0.05, 0.1) is 23.1 Å². The monoisotopic (exact) mass is 340 g/mol. The van der Waals surface area contributed by atoms with E-state index in [-0.39, 0.29) is 0 Å². The quantitative estimate of drug-likeness (QED) is 0.713. The van der Waals surface area contributed by atoms with E-state index < -0.39 is 0 Å². The molecular formula is C18H20N4OS. The Bertz CT molecular complexity index is 847. The maximum atomic E-state index is 10.8. The van der Waals surface area contributed by atoms with Crippen molar-refractivity contribution < 1.29 is 4.79 Å². The maximum absolute atomic E-state index is 10.8. The topological polar surface area (TPSA) is 61.0 Å². The average molecular weight is 340 g/mol. The van der Waals surface area contributed by atoms with Gasteiger partial charge in [-0.3, -0.25) is 4.79 Å². The number of rotatable bonds is 4. The summed E-state index contributed by atoms with van der Waals surface area (Å²) in [4.78, 5) is 21.9. The Kier molecular flexibility index (Phi) is 4.08. The zero-order valence-electron chi connectivity index (χ0n) is 13.6. The van der Waals surface area contributed by atoms with Crippen molar-refractivity contribution in [2.24, 2.45) is 0 Å². The molecule has 0 spiro atoms. The summed E-state index contributed by atoms with van der Waals surface area (Å²) >= 11 is 1.80. The lowest BCUT2D eigenvalue weighted by atomic mass is 9.87. The largest absolute Gasteiger partial charge is 0.344 e. The lowest BCUT2D eigenvalue weighted by Gasteiger charge is -2.29. The molecule has 5 nitrogen and oxygen atoms in total. The zero-order chi connectivity index (χ0) is 16.5. The van der Waals surface area contributed by atoms with Gasteiger partial charge in [-0.1, -0.05) is 0 Å². The smallest absolute Gasteiger partial charge is 0.211 e. The van der Waals surface area contributed by atoms with Gasteiger partial charge in [-0.2, -0.15) is 0 Å². The first-order chi connectivity index (χ1) is 11.8. The lowest BCUT2D eigenvalue weighted by Crippen LogP contribution is -2.29. The Labute approximate surface area is 144 Å². The van der Waals surface area contributed by atoms with Gasteiger partial charge in [-0.25, -0.2) is 4.98 Å². The number of aromatic nitrogens is 2. The lowest BCUT2D eigenvalue weighted by molar-refractivity contribution is -0.105. The van der Waals surface area contributed by atoms with Crippen molar-refractivity contribution >= 4 is 33.5 Å². The first kappa shape index (κ1) is 15.4. The van der Waals surface area contributed by atoms with Crippen LogP contribution in [0.5, 0.6) is 0 Å². The number of amides is 1. The number of carbonyl (C=O) groups excluding carboxylic acids is 1. The molecule has 0 saturated carbocycles. The van der Waals surface area contributed by atoms with Crippen LogP contribution in [0.1, 0.15) is 24.3 Å². The summed E-state index contributed by atoms with van der Waals surface area (Å²) in [6, 6.07) is 6.17. The highest BCUT2D eigenvalue weighted by Gasteiger charge is 2.26. The molecule has 4 rings (SSSR count). The third kappa shape index (κ3) is 2.72. The fourth-order valence-electron chi connectivity index (χ4n) is 3.56. The molecule has 124 valence electrons. The third-order valence-corrected chi connectivity index (χ3v) is 6.04. The molecule has 1 aromatic carbocycles. The highest BCUT2D eigenvalue weighted by molar-refractivity contribution is 7.22. The van der Waals surface area contributed by atoms with Gasteiger partial charge >= 0.3 is 0 Å². The highest BCUT2D eigenvalue weighted by atomic mass is 32.1. The number of imidazole rings is 1.